The van der Waals surface area contributed by atoms with Gasteiger partial charge in [-0.2, -0.15) is 0 Å². The van der Waals surface area contributed by atoms with E-state index in [-0.39, 0.29) is 5.92 Å². The van der Waals surface area contributed by atoms with Crippen molar-refractivity contribution in [1.82, 2.24) is 0 Å². The molecule has 0 aromatic heterocycles. The van der Waals surface area contributed by atoms with Crippen molar-refractivity contribution in [3.05, 3.63) is 11.6 Å². The molecule has 0 saturated heterocycles. The van der Waals surface area contributed by atoms with Gasteiger partial charge in [0.25, 0.3) is 0 Å². The number of carbonyl (C=O) groups excluding carboxylic acids is 1. The maximum absolute atomic E-state index is 11.8. The molecule has 0 aromatic rings. The molecule has 14 heavy (non-hydrogen) atoms. The quantitative estimate of drug-likeness (QED) is 0.621. The van der Waals surface area contributed by atoms with Gasteiger partial charge in [-0.05, 0) is 44.6 Å². The topological polar surface area (TPSA) is 17.1 Å². The first-order valence-corrected chi connectivity index (χ1v) is 6.01. The molecule has 0 atom stereocenters. The second-order valence-corrected chi connectivity index (χ2v) is 4.28. The van der Waals surface area contributed by atoms with Gasteiger partial charge < -0.3 is 0 Å². The second-order valence-electron chi connectivity index (χ2n) is 4.28. The van der Waals surface area contributed by atoms with E-state index in [4.69, 9.17) is 0 Å². The van der Waals surface area contributed by atoms with E-state index in [1.807, 2.05) is 6.08 Å². The summed E-state index contributed by atoms with van der Waals surface area (Å²) in [6.45, 7) is 4.21. The van der Waals surface area contributed by atoms with Crippen LogP contribution in [-0.4, -0.2) is 5.78 Å². The second kappa shape index (κ2) is 6.00. The summed E-state index contributed by atoms with van der Waals surface area (Å²) >= 11 is 0. The van der Waals surface area contributed by atoms with Crippen LogP contribution < -0.4 is 0 Å². The maximum Gasteiger partial charge on any atom is 0.158 e. The van der Waals surface area contributed by atoms with Crippen molar-refractivity contribution in [2.45, 2.75) is 58.8 Å². The Labute approximate surface area is 87.6 Å². The van der Waals surface area contributed by atoms with Crippen LogP contribution in [0.5, 0.6) is 0 Å². The predicted molar refractivity (Wildman–Crippen MR) is 60.2 cm³/mol. The Kier molecular flexibility index (Phi) is 4.92. The molecule has 0 aliphatic heterocycles. The summed E-state index contributed by atoms with van der Waals surface area (Å²) in [5.41, 5.74) is 1.40. The first kappa shape index (κ1) is 11.5. The predicted octanol–water partition coefficient (Wildman–Crippen LogP) is 3.88. The molecule has 1 nitrogen and oxygen atoms in total. The fourth-order valence-corrected chi connectivity index (χ4v) is 2.16. The lowest BCUT2D eigenvalue weighted by molar-refractivity contribution is -0.118. The highest BCUT2D eigenvalue weighted by Crippen LogP contribution is 2.23. The molecule has 0 heterocycles. The van der Waals surface area contributed by atoms with E-state index in [1.165, 1.54) is 24.8 Å². The van der Waals surface area contributed by atoms with Gasteiger partial charge in [-0.15, -0.1) is 0 Å². The fraction of sp³-hybridized carbons (Fsp3) is 0.769. The highest BCUT2D eigenvalue weighted by atomic mass is 16.1. The Morgan fingerprint density at radius 1 is 1.21 bits per heavy atom. The number of hydrogen-bond donors (Lipinski definition) is 0. The van der Waals surface area contributed by atoms with E-state index in [9.17, 15) is 4.79 Å². The molecule has 1 saturated carbocycles. The third-order valence-electron chi connectivity index (χ3n) is 3.23. The van der Waals surface area contributed by atoms with Crippen LogP contribution in [-0.2, 0) is 4.79 Å². The van der Waals surface area contributed by atoms with Crippen molar-refractivity contribution >= 4 is 5.78 Å². The minimum atomic E-state index is 0.268. The van der Waals surface area contributed by atoms with E-state index < -0.39 is 0 Å². The molecule has 1 aliphatic carbocycles. The van der Waals surface area contributed by atoms with Crippen molar-refractivity contribution in [2.24, 2.45) is 5.92 Å². The van der Waals surface area contributed by atoms with Gasteiger partial charge in [0.15, 0.2) is 5.78 Å². The Morgan fingerprint density at radius 3 is 2.29 bits per heavy atom. The highest BCUT2D eigenvalue weighted by molar-refractivity contribution is 5.92. The third kappa shape index (κ3) is 3.28. The molecule has 1 rings (SSSR count). The van der Waals surface area contributed by atoms with E-state index in [1.54, 1.807) is 0 Å². The molecule has 1 fully saturated rings. The Morgan fingerprint density at radius 2 is 1.79 bits per heavy atom. The van der Waals surface area contributed by atoms with Gasteiger partial charge in [0.1, 0.15) is 0 Å². The molecular formula is C13H22O. The molecule has 0 radical (unpaired) electrons. The normalized spacial score (nSPS) is 17.2. The SMILES string of the molecule is CCC(CC)C(=O)C=C1CCCCC1. The average Bonchev–Trinajstić information content (AvgIpc) is 2.21. The lowest BCUT2D eigenvalue weighted by atomic mass is 9.90. The molecule has 0 aromatic carbocycles. The van der Waals surface area contributed by atoms with Crippen LogP contribution in [0.15, 0.2) is 11.6 Å². The number of ketones is 1. The van der Waals surface area contributed by atoms with Crippen molar-refractivity contribution in [3.63, 3.8) is 0 Å². The van der Waals surface area contributed by atoms with Crippen LogP contribution in [0, 0.1) is 5.92 Å². The van der Waals surface area contributed by atoms with Crippen LogP contribution in [0.3, 0.4) is 0 Å². The molecular weight excluding hydrogens is 172 g/mol. The number of rotatable bonds is 4. The van der Waals surface area contributed by atoms with Crippen LogP contribution in [0.25, 0.3) is 0 Å². The molecule has 0 bridgehead atoms. The summed E-state index contributed by atoms with van der Waals surface area (Å²) in [7, 11) is 0. The van der Waals surface area contributed by atoms with Gasteiger partial charge in [-0.3, -0.25) is 4.79 Å². The number of hydrogen-bond acceptors (Lipinski definition) is 1. The summed E-state index contributed by atoms with van der Waals surface area (Å²) in [5, 5.41) is 0. The van der Waals surface area contributed by atoms with Crippen molar-refractivity contribution < 1.29 is 4.79 Å². The maximum atomic E-state index is 11.8. The molecule has 1 aliphatic rings. The van der Waals surface area contributed by atoms with Crippen LogP contribution in [0.4, 0.5) is 0 Å². The highest BCUT2D eigenvalue weighted by Gasteiger charge is 2.13. The van der Waals surface area contributed by atoms with Crippen molar-refractivity contribution in [1.29, 1.82) is 0 Å². The molecule has 0 N–H and O–H groups in total. The van der Waals surface area contributed by atoms with Gasteiger partial charge >= 0.3 is 0 Å². The van der Waals surface area contributed by atoms with Crippen molar-refractivity contribution in [2.75, 3.05) is 0 Å². The summed E-state index contributed by atoms with van der Waals surface area (Å²) in [6, 6.07) is 0. The smallest absolute Gasteiger partial charge is 0.158 e. The van der Waals surface area contributed by atoms with Gasteiger partial charge in [0, 0.05) is 5.92 Å². The Hall–Kier alpha value is -0.590. The fourth-order valence-electron chi connectivity index (χ4n) is 2.16. The van der Waals surface area contributed by atoms with Crippen LogP contribution in [0.1, 0.15) is 58.8 Å². The lowest BCUT2D eigenvalue weighted by Gasteiger charge is -2.14. The zero-order valence-electron chi connectivity index (χ0n) is 9.51. The third-order valence-corrected chi connectivity index (χ3v) is 3.23. The summed E-state index contributed by atoms with van der Waals surface area (Å²) < 4.78 is 0. The minimum Gasteiger partial charge on any atom is -0.295 e. The molecule has 0 spiro atoms. The Bertz CT molecular complexity index is 203. The van der Waals surface area contributed by atoms with Gasteiger partial charge in [-0.1, -0.05) is 25.8 Å². The van der Waals surface area contributed by atoms with Gasteiger partial charge in [0.2, 0.25) is 0 Å². The standard InChI is InChI=1S/C13H22O/c1-3-12(4-2)13(14)10-11-8-6-5-7-9-11/h10,12H,3-9H2,1-2H3. The summed E-state index contributed by atoms with van der Waals surface area (Å²) in [4.78, 5) is 11.8. The summed E-state index contributed by atoms with van der Waals surface area (Å²) in [6.07, 6.45) is 10.1. The zero-order valence-corrected chi connectivity index (χ0v) is 9.51. The Balaban J connectivity index is 2.51. The van der Waals surface area contributed by atoms with E-state index in [2.05, 4.69) is 13.8 Å². The number of allylic oxidation sites excluding steroid dienone is 2. The lowest BCUT2D eigenvalue weighted by Crippen LogP contribution is -2.11. The molecule has 0 unspecified atom stereocenters. The average molecular weight is 194 g/mol. The summed E-state index contributed by atoms with van der Waals surface area (Å²) in [5.74, 6) is 0.635. The van der Waals surface area contributed by atoms with Gasteiger partial charge in [0.05, 0.1) is 0 Å². The van der Waals surface area contributed by atoms with E-state index in [0.29, 0.717) is 5.78 Å². The van der Waals surface area contributed by atoms with Crippen molar-refractivity contribution in [3.8, 4) is 0 Å². The van der Waals surface area contributed by atoms with E-state index >= 15 is 0 Å². The molecule has 0 amide bonds. The molecule has 1 heteroatoms. The zero-order chi connectivity index (χ0) is 10.4. The largest absolute Gasteiger partial charge is 0.295 e. The van der Waals surface area contributed by atoms with Crippen LogP contribution in [0.2, 0.25) is 0 Å². The number of carbonyl (C=O) groups is 1. The monoisotopic (exact) mass is 194 g/mol. The first-order chi connectivity index (χ1) is 6.77. The van der Waals surface area contributed by atoms with Gasteiger partial charge in [-0.25, -0.2) is 0 Å². The van der Waals surface area contributed by atoms with Crippen LogP contribution >= 0.6 is 0 Å². The van der Waals surface area contributed by atoms with E-state index in [0.717, 1.165) is 25.7 Å². The first-order valence-electron chi connectivity index (χ1n) is 6.01. The molecule has 80 valence electrons. The minimum absolute atomic E-state index is 0.268.